The quantitative estimate of drug-likeness (QED) is 0.908. The van der Waals surface area contributed by atoms with Gasteiger partial charge in [-0.2, -0.15) is 5.10 Å². The van der Waals surface area contributed by atoms with Gasteiger partial charge in [-0.15, -0.1) is 0 Å². The van der Waals surface area contributed by atoms with Gasteiger partial charge in [-0.05, 0) is 31.4 Å². The number of likely N-dealkylation sites (tertiary alicyclic amines) is 1. The van der Waals surface area contributed by atoms with Crippen molar-refractivity contribution in [3.63, 3.8) is 0 Å². The Morgan fingerprint density at radius 2 is 2.22 bits per heavy atom. The van der Waals surface area contributed by atoms with E-state index in [1.807, 2.05) is 28.9 Å². The molecule has 0 bridgehead atoms. The van der Waals surface area contributed by atoms with Crippen molar-refractivity contribution in [2.75, 3.05) is 25.0 Å². The molecule has 1 aliphatic heterocycles. The molecule has 3 heterocycles. The minimum absolute atomic E-state index is 0.169. The minimum atomic E-state index is 0.169. The number of carbonyl (C=O) groups excluding carboxylic acids is 1. The lowest BCUT2D eigenvalue weighted by Gasteiger charge is -2.33. The number of nitrogens with one attached hydrogen (secondary N) is 1. The predicted molar refractivity (Wildman–Crippen MR) is 87.0 cm³/mol. The van der Waals surface area contributed by atoms with Crippen LogP contribution in [0.3, 0.4) is 0 Å². The van der Waals surface area contributed by atoms with Gasteiger partial charge < -0.3 is 10.2 Å². The monoisotopic (exact) mass is 314 g/mol. The summed E-state index contributed by atoms with van der Waals surface area (Å²) < 4.78 is 1.99. The van der Waals surface area contributed by atoms with Gasteiger partial charge >= 0.3 is 0 Å². The molecule has 7 heteroatoms. The molecule has 0 saturated carbocycles. The fourth-order valence-electron chi connectivity index (χ4n) is 2.86. The Labute approximate surface area is 135 Å². The van der Waals surface area contributed by atoms with Crippen LogP contribution in [0, 0.1) is 6.92 Å². The molecule has 0 unspecified atom stereocenters. The van der Waals surface area contributed by atoms with Crippen LogP contribution in [-0.2, 0) is 4.79 Å². The van der Waals surface area contributed by atoms with Crippen molar-refractivity contribution in [1.82, 2.24) is 24.6 Å². The van der Waals surface area contributed by atoms with Crippen LogP contribution >= 0.6 is 0 Å². The second-order valence-electron chi connectivity index (χ2n) is 5.88. The molecular formula is C16H22N6O. The highest BCUT2D eigenvalue weighted by Gasteiger charge is 2.24. The standard InChI is InChI=1S/C16H22N6O/c1-13-10-20-22(11-13)14-4-2-9-21(12-14)15(23)5-8-19-16-17-6-3-7-18-16/h3,6-7,10-11,14H,2,4-5,8-9,12H2,1H3,(H,17,18,19)/t14-/m1/s1. The maximum Gasteiger partial charge on any atom is 0.224 e. The maximum absolute atomic E-state index is 12.4. The van der Waals surface area contributed by atoms with Crippen LogP contribution in [0.5, 0.6) is 0 Å². The first kappa shape index (κ1) is 15.5. The number of aromatic nitrogens is 4. The van der Waals surface area contributed by atoms with Gasteiger partial charge in [0.15, 0.2) is 0 Å². The SMILES string of the molecule is Cc1cnn([C@@H]2CCCN(C(=O)CCNc3ncccn3)C2)c1. The first-order valence-corrected chi connectivity index (χ1v) is 8.02. The fourth-order valence-corrected chi connectivity index (χ4v) is 2.86. The van der Waals surface area contributed by atoms with Crippen molar-refractivity contribution in [1.29, 1.82) is 0 Å². The largest absolute Gasteiger partial charge is 0.354 e. The summed E-state index contributed by atoms with van der Waals surface area (Å²) in [6, 6.07) is 2.05. The third-order valence-electron chi connectivity index (χ3n) is 4.04. The molecule has 1 amide bonds. The summed E-state index contributed by atoms with van der Waals surface area (Å²) in [6.07, 6.45) is 9.81. The van der Waals surface area contributed by atoms with Crippen LogP contribution < -0.4 is 5.32 Å². The topological polar surface area (TPSA) is 75.9 Å². The average Bonchev–Trinajstić information content (AvgIpc) is 3.02. The van der Waals surface area contributed by atoms with Gasteiger partial charge in [-0.25, -0.2) is 9.97 Å². The molecule has 1 atom stereocenters. The van der Waals surface area contributed by atoms with Crippen LogP contribution in [-0.4, -0.2) is 50.2 Å². The van der Waals surface area contributed by atoms with Crippen molar-refractivity contribution < 1.29 is 4.79 Å². The van der Waals surface area contributed by atoms with Crippen molar-refractivity contribution in [2.24, 2.45) is 0 Å². The lowest BCUT2D eigenvalue weighted by Crippen LogP contribution is -2.41. The molecule has 2 aromatic rings. The van der Waals surface area contributed by atoms with E-state index >= 15 is 0 Å². The molecule has 1 saturated heterocycles. The zero-order valence-electron chi connectivity index (χ0n) is 13.4. The molecule has 23 heavy (non-hydrogen) atoms. The van der Waals surface area contributed by atoms with Crippen LogP contribution in [0.2, 0.25) is 0 Å². The van der Waals surface area contributed by atoms with E-state index in [1.54, 1.807) is 18.5 Å². The van der Waals surface area contributed by atoms with Crippen molar-refractivity contribution in [3.05, 3.63) is 36.4 Å². The van der Waals surface area contributed by atoms with Gasteiger partial charge in [0.05, 0.1) is 12.2 Å². The van der Waals surface area contributed by atoms with Crippen molar-refractivity contribution >= 4 is 11.9 Å². The summed E-state index contributed by atoms with van der Waals surface area (Å²) in [6.45, 7) is 4.15. The summed E-state index contributed by atoms with van der Waals surface area (Å²) in [5.41, 5.74) is 1.15. The average molecular weight is 314 g/mol. The van der Waals surface area contributed by atoms with E-state index in [0.717, 1.165) is 31.5 Å². The Hall–Kier alpha value is -2.44. The van der Waals surface area contributed by atoms with Crippen molar-refractivity contribution in [2.45, 2.75) is 32.2 Å². The first-order valence-electron chi connectivity index (χ1n) is 8.02. The molecule has 1 fully saturated rings. The maximum atomic E-state index is 12.4. The molecule has 0 aliphatic carbocycles. The van der Waals surface area contributed by atoms with Crippen LogP contribution in [0.4, 0.5) is 5.95 Å². The number of hydrogen-bond donors (Lipinski definition) is 1. The second kappa shape index (κ2) is 7.21. The molecule has 122 valence electrons. The van der Waals surface area contributed by atoms with Gasteiger partial charge in [0, 0.05) is 44.6 Å². The zero-order chi connectivity index (χ0) is 16.1. The third kappa shape index (κ3) is 4.06. The number of hydrogen-bond acceptors (Lipinski definition) is 5. The molecule has 0 aromatic carbocycles. The Kier molecular flexibility index (Phi) is 4.85. The molecule has 3 rings (SSSR count). The Morgan fingerprint density at radius 3 is 2.96 bits per heavy atom. The van der Waals surface area contributed by atoms with Gasteiger partial charge in [-0.1, -0.05) is 0 Å². The van der Waals surface area contributed by atoms with E-state index in [9.17, 15) is 4.79 Å². The number of piperidine rings is 1. The number of rotatable bonds is 5. The molecule has 1 N–H and O–H groups in total. The summed E-state index contributed by atoms with van der Waals surface area (Å²) in [5.74, 6) is 0.728. The van der Waals surface area contributed by atoms with E-state index < -0.39 is 0 Å². The summed E-state index contributed by atoms with van der Waals surface area (Å²) >= 11 is 0. The Balaban J connectivity index is 1.49. The van der Waals surface area contributed by atoms with Gasteiger partial charge in [0.2, 0.25) is 11.9 Å². The summed E-state index contributed by atoms with van der Waals surface area (Å²) in [7, 11) is 0. The Morgan fingerprint density at radius 1 is 1.39 bits per heavy atom. The first-order chi connectivity index (χ1) is 11.2. The van der Waals surface area contributed by atoms with Crippen molar-refractivity contribution in [3.8, 4) is 0 Å². The third-order valence-corrected chi connectivity index (χ3v) is 4.04. The fraction of sp³-hybridized carbons (Fsp3) is 0.500. The lowest BCUT2D eigenvalue weighted by molar-refractivity contribution is -0.132. The highest BCUT2D eigenvalue weighted by atomic mass is 16.2. The van der Waals surface area contributed by atoms with Gasteiger partial charge in [0.1, 0.15) is 0 Å². The number of aryl methyl sites for hydroxylation is 1. The molecular weight excluding hydrogens is 292 g/mol. The van der Waals surface area contributed by atoms with E-state index in [4.69, 9.17) is 0 Å². The highest BCUT2D eigenvalue weighted by Crippen LogP contribution is 2.21. The summed E-state index contributed by atoms with van der Waals surface area (Å²) in [5, 5.41) is 7.46. The molecule has 2 aromatic heterocycles. The van der Waals surface area contributed by atoms with Gasteiger partial charge in [0.25, 0.3) is 0 Å². The van der Waals surface area contributed by atoms with E-state index in [0.29, 0.717) is 18.9 Å². The van der Waals surface area contributed by atoms with E-state index in [-0.39, 0.29) is 11.9 Å². The molecule has 0 spiro atoms. The van der Waals surface area contributed by atoms with E-state index in [1.165, 1.54) is 0 Å². The summed E-state index contributed by atoms with van der Waals surface area (Å²) in [4.78, 5) is 22.5. The highest BCUT2D eigenvalue weighted by molar-refractivity contribution is 5.76. The lowest BCUT2D eigenvalue weighted by atomic mass is 10.1. The van der Waals surface area contributed by atoms with Crippen LogP contribution in [0.25, 0.3) is 0 Å². The zero-order valence-corrected chi connectivity index (χ0v) is 13.4. The van der Waals surface area contributed by atoms with E-state index in [2.05, 4.69) is 20.4 Å². The second-order valence-corrected chi connectivity index (χ2v) is 5.88. The van der Waals surface area contributed by atoms with Crippen LogP contribution in [0.15, 0.2) is 30.9 Å². The van der Waals surface area contributed by atoms with Gasteiger partial charge in [-0.3, -0.25) is 9.48 Å². The number of nitrogens with zero attached hydrogens (tertiary/aromatic N) is 5. The number of anilines is 1. The minimum Gasteiger partial charge on any atom is -0.354 e. The number of amides is 1. The predicted octanol–water partition coefficient (Wildman–Crippen LogP) is 1.65. The number of carbonyl (C=O) groups is 1. The molecule has 7 nitrogen and oxygen atoms in total. The smallest absolute Gasteiger partial charge is 0.224 e. The normalized spacial score (nSPS) is 18.0. The van der Waals surface area contributed by atoms with Crippen LogP contribution in [0.1, 0.15) is 30.9 Å². The molecule has 0 radical (unpaired) electrons. The molecule has 1 aliphatic rings. The Bertz CT molecular complexity index is 641.